The summed E-state index contributed by atoms with van der Waals surface area (Å²) in [6.07, 6.45) is 0. The summed E-state index contributed by atoms with van der Waals surface area (Å²) < 4.78 is 21.8. The number of alkyl halides is 1. The van der Waals surface area contributed by atoms with Crippen molar-refractivity contribution in [3.63, 3.8) is 0 Å². The van der Waals surface area contributed by atoms with E-state index in [2.05, 4.69) is 0 Å². The van der Waals surface area contributed by atoms with Crippen LogP contribution in [0.25, 0.3) is 11.1 Å². The zero-order valence-corrected chi connectivity index (χ0v) is 13.1. The first-order valence-electron chi connectivity index (χ1n) is 6.51. The van der Waals surface area contributed by atoms with Gasteiger partial charge in [-0.05, 0) is 11.1 Å². The van der Waals surface area contributed by atoms with Crippen LogP contribution in [0, 0.1) is 0 Å². The summed E-state index contributed by atoms with van der Waals surface area (Å²) in [5, 5.41) is 0. The Hall–Kier alpha value is -1.65. The quantitative estimate of drug-likeness (QED) is 0.625. The van der Waals surface area contributed by atoms with Crippen molar-refractivity contribution < 1.29 is 13.2 Å². The standard InChI is InChI=1S/C16H15ClO3S/c1-2-21(19,20)16(17)15(18)14-10-8-13(9-11-14)12-6-4-3-5-7-12/h3-11,16H,2H2,1H3. The Morgan fingerprint density at radius 3 is 2.05 bits per heavy atom. The zero-order valence-electron chi connectivity index (χ0n) is 11.5. The molecular weight excluding hydrogens is 308 g/mol. The molecule has 110 valence electrons. The number of carbonyl (C=O) groups is 1. The number of ketones is 1. The third-order valence-corrected chi connectivity index (χ3v) is 5.86. The second-order valence-corrected chi connectivity index (χ2v) is 7.64. The molecule has 2 aromatic rings. The monoisotopic (exact) mass is 322 g/mol. The third-order valence-electron chi connectivity index (χ3n) is 3.20. The molecule has 2 aromatic carbocycles. The molecule has 0 saturated heterocycles. The molecular formula is C16H15ClO3S. The number of Topliss-reactive ketones (excluding diaryl/α,β-unsaturated/α-hetero) is 1. The van der Waals surface area contributed by atoms with Crippen LogP contribution in [-0.4, -0.2) is 24.7 Å². The molecule has 1 atom stereocenters. The highest BCUT2D eigenvalue weighted by molar-refractivity contribution is 7.94. The fourth-order valence-corrected chi connectivity index (χ4v) is 3.16. The Morgan fingerprint density at radius 1 is 1.00 bits per heavy atom. The number of rotatable bonds is 5. The first-order valence-corrected chi connectivity index (χ1v) is 8.66. The van der Waals surface area contributed by atoms with Crippen molar-refractivity contribution in [1.82, 2.24) is 0 Å². The second kappa shape index (κ2) is 6.41. The lowest BCUT2D eigenvalue weighted by atomic mass is 10.0. The number of carbonyl (C=O) groups excluding carboxylic acids is 1. The molecule has 0 heterocycles. The van der Waals surface area contributed by atoms with Gasteiger partial charge in [0.1, 0.15) is 0 Å². The highest BCUT2D eigenvalue weighted by atomic mass is 35.5. The Labute approximate surface area is 129 Å². The van der Waals surface area contributed by atoms with Crippen molar-refractivity contribution in [1.29, 1.82) is 0 Å². The summed E-state index contributed by atoms with van der Waals surface area (Å²) in [5.41, 5.74) is 2.28. The van der Waals surface area contributed by atoms with Crippen molar-refractivity contribution in [2.24, 2.45) is 0 Å². The van der Waals surface area contributed by atoms with Crippen LogP contribution < -0.4 is 0 Å². The van der Waals surface area contributed by atoms with E-state index in [0.717, 1.165) is 11.1 Å². The van der Waals surface area contributed by atoms with Crippen LogP contribution in [0.1, 0.15) is 17.3 Å². The number of benzene rings is 2. The van der Waals surface area contributed by atoms with Crippen LogP contribution in [0.5, 0.6) is 0 Å². The Bertz CT molecular complexity index is 722. The van der Waals surface area contributed by atoms with Gasteiger partial charge in [-0.3, -0.25) is 4.79 Å². The molecule has 21 heavy (non-hydrogen) atoms. The summed E-state index contributed by atoms with van der Waals surface area (Å²) >= 11 is 5.78. The third kappa shape index (κ3) is 3.52. The van der Waals surface area contributed by atoms with Crippen LogP contribution in [0.15, 0.2) is 54.6 Å². The van der Waals surface area contributed by atoms with E-state index in [4.69, 9.17) is 11.6 Å². The number of hydrogen-bond donors (Lipinski definition) is 0. The van der Waals surface area contributed by atoms with Gasteiger partial charge in [0.05, 0.1) is 0 Å². The summed E-state index contributed by atoms with van der Waals surface area (Å²) in [4.78, 5) is 12.1. The number of sulfone groups is 1. The van der Waals surface area contributed by atoms with E-state index in [0.29, 0.717) is 5.56 Å². The highest BCUT2D eigenvalue weighted by Gasteiger charge is 2.29. The molecule has 3 nitrogen and oxygen atoms in total. The molecule has 0 amide bonds. The molecule has 0 bridgehead atoms. The molecule has 0 radical (unpaired) electrons. The summed E-state index contributed by atoms with van der Waals surface area (Å²) in [7, 11) is -3.59. The van der Waals surface area contributed by atoms with Gasteiger partial charge in [-0.15, -0.1) is 0 Å². The molecule has 2 rings (SSSR count). The van der Waals surface area contributed by atoms with Crippen molar-refractivity contribution in [3.05, 3.63) is 60.2 Å². The first kappa shape index (κ1) is 15.7. The molecule has 1 unspecified atom stereocenters. The van der Waals surface area contributed by atoms with E-state index in [9.17, 15) is 13.2 Å². The van der Waals surface area contributed by atoms with Gasteiger partial charge in [-0.25, -0.2) is 8.42 Å². The molecule has 0 spiro atoms. The summed E-state index contributed by atoms with van der Waals surface area (Å²) in [6.45, 7) is 1.47. The minimum atomic E-state index is -3.59. The summed E-state index contributed by atoms with van der Waals surface area (Å²) in [5.74, 6) is -0.743. The highest BCUT2D eigenvalue weighted by Crippen LogP contribution is 2.21. The SMILES string of the molecule is CCS(=O)(=O)C(Cl)C(=O)c1ccc(-c2ccccc2)cc1. The Balaban J connectivity index is 2.26. The van der Waals surface area contributed by atoms with E-state index in [1.165, 1.54) is 6.92 Å². The van der Waals surface area contributed by atoms with Gasteiger partial charge in [0.15, 0.2) is 20.3 Å². The molecule has 0 saturated carbocycles. The minimum Gasteiger partial charge on any atom is -0.291 e. The average Bonchev–Trinajstić information content (AvgIpc) is 2.54. The van der Waals surface area contributed by atoms with E-state index >= 15 is 0 Å². The van der Waals surface area contributed by atoms with Gasteiger partial charge in [0, 0.05) is 11.3 Å². The molecule has 0 aliphatic carbocycles. The molecule has 0 aliphatic heterocycles. The number of halogens is 1. The van der Waals surface area contributed by atoms with Gasteiger partial charge >= 0.3 is 0 Å². The molecule has 0 aromatic heterocycles. The lowest BCUT2D eigenvalue weighted by Crippen LogP contribution is -2.26. The Morgan fingerprint density at radius 2 is 1.52 bits per heavy atom. The van der Waals surface area contributed by atoms with Crippen LogP contribution in [0.2, 0.25) is 0 Å². The van der Waals surface area contributed by atoms with E-state index in [1.807, 2.05) is 30.3 Å². The van der Waals surface area contributed by atoms with Gasteiger partial charge in [0.2, 0.25) is 0 Å². The van der Waals surface area contributed by atoms with Crippen molar-refractivity contribution >= 4 is 27.2 Å². The zero-order chi connectivity index (χ0) is 15.5. The minimum absolute atomic E-state index is 0.158. The maximum atomic E-state index is 12.1. The largest absolute Gasteiger partial charge is 0.291 e. The number of hydrogen-bond acceptors (Lipinski definition) is 3. The van der Waals surface area contributed by atoms with Gasteiger partial charge in [0.25, 0.3) is 0 Å². The van der Waals surface area contributed by atoms with Crippen molar-refractivity contribution in [2.45, 2.75) is 11.6 Å². The van der Waals surface area contributed by atoms with E-state index in [1.54, 1.807) is 24.3 Å². The van der Waals surface area contributed by atoms with Crippen molar-refractivity contribution in [3.8, 4) is 11.1 Å². The summed E-state index contributed by atoms with van der Waals surface area (Å²) in [6, 6.07) is 16.5. The van der Waals surface area contributed by atoms with E-state index in [-0.39, 0.29) is 5.75 Å². The van der Waals surface area contributed by atoms with Crippen LogP contribution in [-0.2, 0) is 9.84 Å². The predicted molar refractivity (Wildman–Crippen MR) is 85.3 cm³/mol. The maximum Gasteiger partial charge on any atom is 0.197 e. The van der Waals surface area contributed by atoms with E-state index < -0.39 is 20.3 Å². The fourth-order valence-electron chi connectivity index (χ4n) is 1.90. The maximum absolute atomic E-state index is 12.1. The van der Waals surface area contributed by atoms with Crippen LogP contribution in [0.3, 0.4) is 0 Å². The van der Waals surface area contributed by atoms with Gasteiger partial charge in [-0.1, -0.05) is 73.1 Å². The predicted octanol–water partition coefficient (Wildman–Crippen LogP) is 3.54. The molecule has 0 fully saturated rings. The molecule has 5 heteroatoms. The van der Waals surface area contributed by atoms with Crippen molar-refractivity contribution in [2.75, 3.05) is 5.75 Å². The van der Waals surface area contributed by atoms with Gasteiger partial charge < -0.3 is 0 Å². The topological polar surface area (TPSA) is 51.2 Å². The van der Waals surface area contributed by atoms with Gasteiger partial charge in [-0.2, -0.15) is 0 Å². The fraction of sp³-hybridized carbons (Fsp3) is 0.188. The normalized spacial score (nSPS) is 12.9. The van der Waals surface area contributed by atoms with Crippen LogP contribution >= 0.6 is 11.6 Å². The Kier molecular flexibility index (Phi) is 4.80. The average molecular weight is 323 g/mol. The molecule has 0 aliphatic rings. The lowest BCUT2D eigenvalue weighted by Gasteiger charge is -2.09. The smallest absolute Gasteiger partial charge is 0.197 e. The lowest BCUT2D eigenvalue weighted by molar-refractivity contribution is 0.101. The van der Waals surface area contributed by atoms with Crippen LogP contribution in [0.4, 0.5) is 0 Å². The molecule has 0 N–H and O–H groups in total. The second-order valence-electron chi connectivity index (χ2n) is 4.58. The first-order chi connectivity index (χ1) is 9.95.